The van der Waals surface area contributed by atoms with Gasteiger partial charge in [0.15, 0.2) is 0 Å². The van der Waals surface area contributed by atoms with Gasteiger partial charge in [-0.2, -0.15) is 0 Å². The lowest BCUT2D eigenvalue weighted by Crippen LogP contribution is -2.57. The summed E-state index contributed by atoms with van der Waals surface area (Å²) >= 11 is 0. The number of hydrogen-bond donors (Lipinski definition) is 6. The molecule has 14 heteroatoms. The first-order valence-electron chi connectivity index (χ1n) is 9.64. The molecule has 9 N–H and O–H groups in total. The Balaban J connectivity index is -0.000000197. The van der Waals surface area contributed by atoms with Crippen molar-refractivity contribution in [1.82, 2.24) is 21.8 Å². The van der Waals surface area contributed by atoms with E-state index in [0.29, 0.717) is 6.54 Å². The zero-order chi connectivity index (χ0) is 21.7. The molecule has 188 valence electrons. The maximum Gasteiger partial charge on any atom is 0.500 e. The highest BCUT2D eigenvalue weighted by Gasteiger charge is 2.37. The lowest BCUT2D eigenvalue weighted by Gasteiger charge is -2.29. The summed E-state index contributed by atoms with van der Waals surface area (Å²) in [5.41, 5.74) is 5.35. The van der Waals surface area contributed by atoms with E-state index in [-0.39, 0.29) is 18.6 Å². The zero-order valence-electron chi connectivity index (χ0n) is 19.8. The SMILES string of the molecule is CO.CO[Si](CCCNCCN)(OC)OC.CO[Si]1(OC)CCCNCCN1.Cl.N. The Labute approximate surface area is 191 Å². The van der Waals surface area contributed by atoms with Crippen LogP contribution in [0.15, 0.2) is 0 Å². The van der Waals surface area contributed by atoms with Crippen LogP contribution in [0.4, 0.5) is 0 Å². The van der Waals surface area contributed by atoms with E-state index >= 15 is 0 Å². The fourth-order valence-electron chi connectivity index (χ4n) is 2.65. The largest absolute Gasteiger partial charge is 0.500 e. The molecular formula is C16H48ClN5O6Si2. The second-order valence-corrected chi connectivity index (χ2v) is 12.1. The molecule has 0 aliphatic carbocycles. The van der Waals surface area contributed by atoms with Crippen LogP contribution in [-0.4, -0.2) is 105 Å². The lowest BCUT2D eigenvalue weighted by molar-refractivity contribution is 0.123. The number of hydrogen-bond acceptors (Lipinski definition) is 11. The van der Waals surface area contributed by atoms with Crippen molar-refractivity contribution in [3.8, 4) is 0 Å². The van der Waals surface area contributed by atoms with Gasteiger partial charge in [-0.15, -0.1) is 12.4 Å². The van der Waals surface area contributed by atoms with Crippen LogP contribution in [0.25, 0.3) is 0 Å². The Morgan fingerprint density at radius 1 is 0.967 bits per heavy atom. The second kappa shape index (κ2) is 25.5. The molecule has 0 aromatic rings. The van der Waals surface area contributed by atoms with Gasteiger partial charge in [-0.25, -0.2) is 0 Å². The van der Waals surface area contributed by atoms with Crippen molar-refractivity contribution in [2.45, 2.75) is 24.9 Å². The fraction of sp³-hybridized carbons (Fsp3) is 1.00. The van der Waals surface area contributed by atoms with E-state index in [0.717, 1.165) is 64.8 Å². The molecule has 0 amide bonds. The van der Waals surface area contributed by atoms with Crippen LogP contribution >= 0.6 is 12.4 Å². The van der Waals surface area contributed by atoms with Gasteiger partial charge in [-0.3, -0.25) is 4.98 Å². The molecule has 0 bridgehead atoms. The highest BCUT2D eigenvalue weighted by atomic mass is 35.5. The average molecular weight is 498 g/mol. The molecule has 1 saturated heterocycles. The van der Waals surface area contributed by atoms with Crippen molar-refractivity contribution in [2.75, 3.05) is 81.9 Å². The zero-order valence-corrected chi connectivity index (χ0v) is 22.6. The Hall–Kier alpha value is 0.284. The molecule has 11 nitrogen and oxygen atoms in total. The van der Waals surface area contributed by atoms with E-state index in [1.54, 1.807) is 35.5 Å². The molecule has 30 heavy (non-hydrogen) atoms. The first-order chi connectivity index (χ1) is 13.6. The third kappa shape index (κ3) is 16.9. The normalized spacial score (nSPS) is 15.6. The van der Waals surface area contributed by atoms with Gasteiger partial charge in [0.05, 0.1) is 0 Å². The fourth-order valence-corrected chi connectivity index (χ4v) is 6.56. The number of rotatable bonds is 11. The Bertz CT molecular complexity index is 318. The average Bonchev–Trinajstić information content (AvgIpc) is 2.74. The Kier molecular flexibility index (Phi) is 32.0. The summed E-state index contributed by atoms with van der Waals surface area (Å²) in [6.45, 7) is 5.45. The third-order valence-electron chi connectivity index (χ3n) is 4.31. The molecule has 1 heterocycles. The molecule has 1 aliphatic rings. The highest BCUT2D eigenvalue weighted by Crippen LogP contribution is 2.14. The molecular weight excluding hydrogens is 450 g/mol. The van der Waals surface area contributed by atoms with Gasteiger partial charge in [0.2, 0.25) is 0 Å². The smallest absolute Gasteiger partial charge is 0.400 e. The molecule has 0 aromatic carbocycles. The number of nitrogens with two attached hydrogens (primary N) is 1. The quantitative estimate of drug-likeness (QED) is 0.165. The van der Waals surface area contributed by atoms with Crippen molar-refractivity contribution in [3.05, 3.63) is 0 Å². The van der Waals surface area contributed by atoms with Crippen molar-refractivity contribution in [3.63, 3.8) is 0 Å². The van der Waals surface area contributed by atoms with E-state index in [4.69, 9.17) is 33.0 Å². The van der Waals surface area contributed by atoms with Crippen LogP contribution in [0.3, 0.4) is 0 Å². The van der Waals surface area contributed by atoms with Gasteiger partial charge >= 0.3 is 17.5 Å². The Morgan fingerprint density at radius 3 is 2.00 bits per heavy atom. The summed E-state index contributed by atoms with van der Waals surface area (Å²) in [5, 5.41) is 13.5. The molecule has 0 unspecified atom stereocenters. The summed E-state index contributed by atoms with van der Waals surface area (Å²) in [7, 11) is 5.01. The van der Waals surface area contributed by atoms with Gasteiger partial charge in [0.1, 0.15) is 0 Å². The minimum absolute atomic E-state index is 0. The first kappa shape index (κ1) is 37.6. The standard InChI is InChI=1S/C8H22N2O3Si.C7H18N2O2Si.CH4O.ClH.H3N/c1-11-14(12-2,13-3)8-4-6-10-7-5-9;1-10-12(11-2)7-3-4-8-5-6-9-12;1-2;;/h10H,4-9H2,1-3H3;8-9H,3-7H2,1-2H3;2H,1H3;1H;1H3. The van der Waals surface area contributed by atoms with Crippen LogP contribution in [0.1, 0.15) is 12.8 Å². The van der Waals surface area contributed by atoms with Crippen LogP contribution in [0.2, 0.25) is 12.1 Å². The summed E-state index contributed by atoms with van der Waals surface area (Å²) in [6.07, 6.45) is 2.10. The molecule has 1 fully saturated rings. The molecule has 0 radical (unpaired) electrons. The van der Waals surface area contributed by atoms with E-state index in [9.17, 15) is 0 Å². The second-order valence-electron chi connectivity index (χ2n) is 5.88. The monoisotopic (exact) mass is 497 g/mol. The van der Waals surface area contributed by atoms with Crippen molar-refractivity contribution >= 4 is 29.9 Å². The van der Waals surface area contributed by atoms with Crippen molar-refractivity contribution < 1.29 is 27.2 Å². The molecule has 1 aliphatic heterocycles. The van der Waals surface area contributed by atoms with Gasteiger partial charge in [-0.05, 0) is 25.9 Å². The van der Waals surface area contributed by atoms with Crippen LogP contribution in [-0.2, 0) is 22.1 Å². The van der Waals surface area contributed by atoms with Crippen LogP contribution in [0, 0.1) is 0 Å². The number of aliphatic hydroxyl groups excluding tert-OH is 1. The molecule has 0 atom stereocenters. The number of nitrogens with one attached hydrogen (secondary N) is 3. The summed E-state index contributed by atoms with van der Waals surface area (Å²) in [5.74, 6) is 0. The van der Waals surface area contributed by atoms with E-state index in [1.165, 1.54) is 0 Å². The van der Waals surface area contributed by atoms with E-state index in [1.807, 2.05) is 0 Å². The summed E-state index contributed by atoms with van der Waals surface area (Å²) in [6, 6.07) is 1.85. The first-order valence-corrected chi connectivity index (χ1v) is 13.6. The number of aliphatic hydroxyl groups is 1. The van der Waals surface area contributed by atoms with Gasteiger partial charge < -0.3 is 49.8 Å². The maximum atomic E-state index is 7.00. The third-order valence-corrected chi connectivity index (χ3v) is 10.3. The molecule has 0 aromatic heterocycles. The number of halogens is 1. The highest BCUT2D eigenvalue weighted by molar-refractivity contribution is 6.64. The van der Waals surface area contributed by atoms with E-state index in [2.05, 4.69) is 15.6 Å². The minimum atomic E-state index is -2.35. The van der Waals surface area contributed by atoms with E-state index < -0.39 is 17.5 Å². The molecule has 0 saturated carbocycles. The predicted octanol–water partition coefficient (Wildman–Crippen LogP) is -0.204. The van der Waals surface area contributed by atoms with Crippen molar-refractivity contribution in [2.24, 2.45) is 5.73 Å². The summed E-state index contributed by atoms with van der Waals surface area (Å²) in [4.78, 5) is 3.37. The topological polar surface area (TPSA) is 163 Å². The Morgan fingerprint density at radius 2 is 1.53 bits per heavy atom. The van der Waals surface area contributed by atoms with Crippen LogP contribution in [0.5, 0.6) is 0 Å². The van der Waals surface area contributed by atoms with Gasteiger partial charge in [-0.1, -0.05) is 0 Å². The summed E-state index contributed by atoms with van der Waals surface area (Å²) < 4.78 is 26.7. The predicted molar refractivity (Wildman–Crippen MR) is 129 cm³/mol. The van der Waals surface area contributed by atoms with Crippen molar-refractivity contribution in [1.29, 1.82) is 0 Å². The molecule has 0 spiro atoms. The van der Waals surface area contributed by atoms with Gasteiger partial charge in [0.25, 0.3) is 0 Å². The minimum Gasteiger partial charge on any atom is -0.400 e. The van der Waals surface area contributed by atoms with Crippen LogP contribution < -0.4 is 27.5 Å². The molecule has 1 rings (SSSR count). The van der Waals surface area contributed by atoms with Gasteiger partial charge in [0, 0.05) is 80.9 Å². The lowest BCUT2D eigenvalue weighted by atomic mass is 10.4. The maximum absolute atomic E-state index is 7.00.